The molecular formula is C12H18O3. The van der Waals surface area contributed by atoms with Crippen LogP contribution in [-0.4, -0.2) is 24.3 Å². The van der Waals surface area contributed by atoms with Crippen LogP contribution in [0.5, 0.6) is 0 Å². The van der Waals surface area contributed by atoms with Gasteiger partial charge in [0.15, 0.2) is 0 Å². The molecule has 0 amide bonds. The molecule has 15 heavy (non-hydrogen) atoms. The number of aliphatic carboxylic acids is 1. The average molecular weight is 210 g/mol. The number of allylic oxidation sites excluding steroid dienone is 2. The molecule has 84 valence electrons. The summed E-state index contributed by atoms with van der Waals surface area (Å²) < 4.78 is 5.18. The first-order valence-electron chi connectivity index (χ1n) is 5.02. The van der Waals surface area contributed by atoms with Crippen LogP contribution >= 0.6 is 0 Å². The summed E-state index contributed by atoms with van der Waals surface area (Å²) in [6.45, 7) is 6.28. The number of carboxylic acids is 1. The van der Waals surface area contributed by atoms with E-state index in [2.05, 4.69) is 20.8 Å². The molecule has 1 rings (SSSR count). The standard InChI is InChI=1S/C12H18O3/c1-12(2,3)8-5-6-9(11(13)14)10(7-8)15-4/h5-7,9-10H,1-4H3,(H,13,14). The predicted molar refractivity (Wildman–Crippen MR) is 58.6 cm³/mol. The van der Waals surface area contributed by atoms with E-state index >= 15 is 0 Å². The highest BCUT2D eigenvalue weighted by atomic mass is 16.5. The lowest BCUT2D eigenvalue weighted by atomic mass is 9.80. The summed E-state index contributed by atoms with van der Waals surface area (Å²) in [5.74, 6) is -1.41. The van der Waals surface area contributed by atoms with E-state index in [1.807, 2.05) is 12.2 Å². The lowest BCUT2D eigenvalue weighted by Crippen LogP contribution is -2.30. The maximum atomic E-state index is 10.9. The monoisotopic (exact) mass is 210 g/mol. The molecule has 0 fully saturated rings. The van der Waals surface area contributed by atoms with Gasteiger partial charge in [0, 0.05) is 7.11 Å². The summed E-state index contributed by atoms with van der Waals surface area (Å²) >= 11 is 0. The Bertz CT molecular complexity index is 307. The summed E-state index contributed by atoms with van der Waals surface area (Å²) in [6.07, 6.45) is 5.13. The van der Waals surface area contributed by atoms with Crippen LogP contribution in [0.1, 0.15) is 20.8 Å². The predicted octanol–water partition coefficient (Wildman–Crippen LogP) is 2.24. The van der Waals surface area contributed by atoms with Gasteiger partial charge in [0.05, 0.1) is 6.10 Å². The summed E-state index contributed by atoms with van der Waals surface area (Å²) in [7, 11) is 1.54. The Morgan fingerprint density at radius 3 is 2.47 bits per heavy atom. The number of carbonyl (C=O) groups is 1. The number of hydrogen-bond donors (Lipinski definition) is 1. The van der Waals surface area contributed by atoms with Crippen molar-refractivity contribution in [2.24, 2.45) is 11.3 Å². The number of rotatable bonds is 2. The minimum Gasteiger partial charge on any atom is -0.481 e. The quantitative estimate of drug-likeness (QED) is 0.760. The maximum Gasteiger partial charge on any atom is 0.313 e. The van der Waals surface area contributed by atoms with Crippen molar-refractivity contribution in [3.63, 3.8) is 0 Å². The molecule has 3 heteroatoms. The molecule has 2 atom stereocenters. The minimum absolute atomic E-state index is 0.0246. The van der Waals surface area contributed by atoms with E-state index in [0.29, 0.717) is 0 Å². The van der Waals surface area contributed by atoms with E-state index < -0.39 is 11.9 Å². The number of hydrogen-bond acceptors (Lipinski definition) is 2. The fraction of sp³-hybridized carbons (Fsp3) is 0.583. The third-order valence-corrected chi connectivity index (χ3v) is 2.60. The van der Waals surface area contributed by atoms with E-state index in [1.54, 1.807) is 6.08 Å². The Labute approximate surface area is 90.4 Å². The van der Waals surface area contributed by atoms with Crippen LogP contribution in [0.25, 0.3) is 0 Å². The fourth-order valence-corrected chi connectivity index (χ4v) is 1.59. The van der Waals surface area contributed by atoms with Crippen molar-refractivity contribution >= 4 is 5.97 Å². The van der Waals surface area contributed by atoms with Crippen LogP contribution in [0, 0.1) is 11.3 Å². The Hall–Kier alpha value is -1.09. The Kier molecular flexibility index (Phi) is 3.35. The third kappa shape index (κ3) is 2.69. The Morgan fingerprint density at radius 1 is 1.47 bits per heavy atom. The van der Waals surface area contributed by atoms with Gasteiger partial charge in [-0.1, -0.05) is 39.0 Å². The first-order chi connectivity index (χ1) is 6.86. The summed E-state index contributed by atoms with van der Waals surface area (Å²) in [5, 5.41) is 8.97. The second-order valence-electron chi connectivity index (χ2n) is 4.80. The van der Waals surface area contributed by atoms with Gasteiger partial charge in [-0.25, -0.2) is 0 Å². The van der Waals surface area contributed by atoms with Gasteiger partial charge in [-0.3, -0.25) is 4.79 Å². The van der Waals surface area contributed by atoms with Gasteiger partial charge in [0.25, 0.3) is 0 Å². The summed E-state index contributed by atoms with van der Waals surface area (Å²) in [5.41, 5.74) is 1.14. The zero-order valence-electron chi connectivity index (χ0n) is 9.65. The van der Waals surface area contributed by atoms with Crippen molar-refractivity contribution < 1.29 is 14.6 Å². The third-order valence-electron chi connectivity index (χ3n) is 2.60. The van der Waals surface area contributed by atoms with E-state index in [4.69, 9.17) is 9.84 Å². The maximum absolute atomic E-state index is 10.9. The van der Waals surface area contributed by atoms with Crippen molar-refractivity contribution in [3.8, 4) is 0 Å². The molecule has 0 aromatic rings. The van der Waals surface area contributed by atoms with E-state index in [9.17, 15) is 4.79 Å². The molecule has 0 aliphatic heterocycles. The lowest BCUT2D eigenvalue weighted by molar-refractivity contribution is -0.143. The molecule has 0 heterocycles. The van der Waals surface area contributed by atoms with Crippen LogP contribution in [0.2, 0.25) is 0 Å². The molecule has 0 aromatic carbocycles. The van der Waals surface area contributed by atoms with Crippen LogP contribution in [-0.2, 0) is 9.53 Å². The Balaban J connectivity index is 2.94. The van der Waals surface area contributed by atoms with E-state index in [0.717, 1.165) is 5.57 Å². The first kappa shape index (κ1) is 12.0. The first-order valence-corrected chi connectivity index (χ1v) is 5.02. The Morgan fingerprint density at radius 2 is 2.07 bits per heavy atom. The van der Waals surface area contributed by atoms with Crippen molar-refractivity contribution in [1.82, 2.24) is 0 Å². The van der Waals surface area contributed by atoms with Crippen LogP contribution in [0.3, 0.4) is 0 Å². The average Bonchev–Trinajstić information content (AvgIpc) is 2.15. The molecule has 0 bridgehead atoms. The second kappa shape index (κ2) is 4.19. The molecule has 1 N–H and O–H groups in total. The molecule has 0 aromatic heterocycles. The van der Waals surface area contributed by atoms with E-state index in [1.165, 1.54) is 7.11 Å². The lowest BCUT2D eigenvalue weighted by Gasteiger charge is -2.28. The number of methoxy groups -OCH3 is 1. The molecule has 1 aliphatic rings. The van der Waals surface area contributed by atoms with Crippen LogP contribution in [0.4, 0.5) is 0 Å². The highest BCUT2D eigenvalue weighted by Gasteiger charge is 2.29. The summed E-state index contributed by atoms with van der Waals surface area (Å²) in [4.78, 5) is 10.9. The largest absolute Gasteiger partial charge is 0.481 e. The molecule has 0 saturated carbocycles. The van der Waals surface area contributed by atoms with Crippen molar-refractivity contribution in [2.75, 3.05) is 7.11 Å². The fourth-order valence-electron chi connectivity index (χ4n) is 1.59. The SMILES string of the molecule is COC1C=C(C(C)(C)C)C=CC1C(=O)O. The van der Waals surface area contributed by atoms with Gasteiger partial charge < -0.3 is 9.84 Å². The molecule has 1 aliphatic carbocycles. The smallest absolute Gasteiger partial charge is 0.313 e. The molecule has 0 radical (unpaired) electrons. The highest BCUT2D eigenvalue weighted by molar-refractivity contribution is 5.74. The normalized spacial score (nSPS) is 26.3. The van der Waals surface area contributed by atoms with Crippen molar-refractivity contribution in [1.29, 1.82) is 0 Å². The zero-order valence-corrected chi connectivity index (χ0v) is 9.65. The minimum atomic E-state index is -0.845. The van der Waals surface area contributed by atoms with E-state index in [-0.39, 0.29) is 11.5 Å². The van der Waals surface area contributed by atoms with Gasteiger partial charge in [0.2, 0.25) is 0 Å². The van der Waals surface area contributed by atoms with Gasteiger partial charge >= 0.3 is 5.97 Å². The molecule has 2 unspecified atom stereocenters. The van der Waals surface area contributed by atoms with Crippen molar-refractivity contribution in [2.45, 2.75) is 26.9 Å². The van der Waals surface area contributed by atoms with Gasteiger partial charge in [-0.15, -0.1) is 0 Å². The van der Waals surface area contributed by atoms with Crippen LogP contribution < -0.4 is 0 Å². The van der Waals surface area contributed by atoms with Gasteiger partial charge in [0.1, 0.15) is 5.92 Å². The van der Waals surface area contributed by atoms with Gasteiger partial charge in [-0.2, -0.15) is 0 Å². The number of carboxylic acid groups (broad SMARTS) is 1. The number of ether oxygens (including phenoxy) is 1. The topological polar surface area (TPSA) is 46.5 Å². The molecule has 0 spiro atoms. The van der Waals surface area contributed by atoms with Gasteiger partial charge in [-0.05, 0) is 11.0 Å². The van der Waals surface area contributed by atoms with Crippen molar-refractivity contribution in [3.05, 3.63) is 23.8 Å². The molecular weight excluding hydrogens is 192 g/mol. The second-order valence-corrected chi connectivity index (χ2v) is 4.80. The van der Waals surface area contributed by atoms with Crippen LogP contribution in [0.15, 0.2) is 23.8 Å². The highest BCUT2D eigenvalue weighted by Crippen LogP contribution is 2.31. The zero-order chi connectivity index (χ0) is 11.6. The molecule has 0 saturated heterocycles. The molecule has 3 nitrogen and oxygen atoms in total. The summed E-state index contributed by atoms with van der Waals surface area (Å²) in [6, 6.07) is 0.